The second-order valence-corrected chi connectivity index (χ2v) is 10.6. The number of carbonyl (C=O) groups is 2. The van der Waals surface area contributed by atoms with Gasteiger partial charge in [-0.3, -0.25) is 14.5 Å². The molecule has 0 N–H and O–H groups in total. The van der Waals surface area contributed by atoms with E-state index < -0.39 is 35.0 Å². The normalized spacial score (nSPS) is 14.5. The Balaban J connectivity index is 1.39. The Labute approximate surface area is 257 Å². The third-order valence-corrected chi connectivity index (χ3v) is 7.49. The van der Waals surface area contributed by atoms with Crippen molar-refractivity contribution < 1.29 is 40.7 Å². The number of hydrogen-bond donors (Lipinski definition) is 0. The molecule has 1 heterocycles. The Hall–Kier alpha value is -4.32. The van der Waals surface area contributed by atoms with Gasteiger partial charge in [0.2, 0.25) is 5.91 Å². The predicted molar refractivity (Wildman–Crippen MR) is 158 cm³/mol. The molecule has 12 heteroatoms. The minimum absolute atomic E-state index is 0.00506. The molecule has 0 aliphatic carbocycles. The van der Waals surface area contributed by atoms with Gasteiger partial charge in [0.25, 0.3) is 5.91 Å². The second-order valence-electron chi connectivity index (χ2n) is 10.6. The summed E-state index contributed by atoms with van der Waals surface area (Å²) in [5.41, 5.74) is -1.99. The zero-order valence-corrected chi connectivity index (χ0v) is 24.6. The average Bonchev–Trinajstić information content (AvgIpc) is 3.02. The van der Waals surface area contributed by atoms with Crippen LogP contribution >= 0.6 is 0 Å². The topological polar surface area (TPSA) is 53.1 Å². The number of carbonyl (C=O) groups excluding carboxylic acids is 2. The number of amides is 2. The SMILES string of the molecule is COc1ccccc1/C=C/CN(CCN1CCN(C(=O)c2cc(C(F)(F)F)cc(C(F)(F)F)c2)CC1)C(=O)Cc1ccccc1. The third-order valence-electron chi connectivity index (χ3n) is 7.49. The number of benzene rings is 3. The van der Waals surface area contributed by atoms with E-state index in [0.717, 1.165) is 11.1 Å². The molecule has 0 saturated carbocycles. The van der Waals surface area contributed by atoms with Crippen molar-refractivity contribution in [2.24, 2.45) is 0 Å². The maximum absolute atomic E-state index is 13.3. The number of piperazine rings is 1. The Morgan fingerprint density at radius 2 is 1.44 bits per heavy atom. The first kappa shape index (κ1) is 33.6. The van der Waals surface area contributed by atoms with Gasteiger partial charge in [0.15, 0.2) is 0 Å². The molecule has 0 aromatic heterocycles. The summed E-state index contributed by atoms with van der Waals surface area (Å²) in [4.78, 5) is 31.2. The van der Waals surface area contributed by atoms with Gasteiger partial charge in [-0.05, 0) is 29.8 Å². The maximum Gasteiger partial charge on any atom is 0.416 e. The van der Waals surface area contributed by atoms with Crippen LogP contribution in [-0.2, 0) is 23.6 Å². The van der Waals surface area contributed by atoms with Crippen LogP contribution < -0.4 is 4.74 Å². The Bertz CT molecular complexity index is 1450. The van der Waals surface area contributed by atoms with Crippen molar-refractivity contribution >= 4 is 17.9 Å². The molecule has 1 saturated heterocycles. The summed E-state index contributed by atoms with van der Waals surface area (Å²) in [7, 11) is 1.58. The van der Waals surface area contributed by atoms with Crippen LogP contribution in [0.15, 0.2) is 78.9 Å². The quantitative estimate of drug-likeness (QED) is 0.247. The van der Waals surface area contributed by atoms with E-state index in [2.05, 4.69) is 0 Å². The van der Waals surface area contributed by atoms with Crippen molar-refractivity contribution in [1.29, 1.82) is 0 Å². The van der Waals surface area contributed by atoms with Gasteiger partial charge < -0.3 is 14.5 Å². The Kier molecular flexibility index (Phi) is 10.9. The van der Waals surface area contributed by atoms with Gasteiger partial charge in [0, 0.05) is 56.9 Å². The minimum atomic E-state index is -5.04. The molecule has 3 aromatic rings. The highest BCUT2D eigenvalue weighted by Crippen LogP contribution is 2.36. The molecule has 0 radical (unpaired) electrons. The molecular weight excluding hydrogens is 600 g/mol. The number of alkyl halides is 6. The molecule has 0 spiro atoms. The van der Waals surface area contributed by atoms with Gasteiger partial charge in [0.1, 0.15) is 5.75 Å². The summed E-state index contributed by atoms with van der Waals surface area (Å²) in [6, 6.07) is 17.7. The highest BCUT2D eigenvalue weighted by molar-refractivity contribution is 5.94. The zero-order chi connectivity index (χ0) is 32.6. The highest BCUT2D eigenvalue weighted by atomic mass is 19.4. The van der Waals surface area contributed by atoms with Gasteiger partial charge in [-0.1, -0.05) is 60.7 Å². The fourth-order valence-corrected chi connectivity index (χ4v) is 5.01. The van der Waals surface area contributed by atoms with E-state index in [1.165, 1.54) is 4.90 Å². The molecule has 0 unspecified atom stereocenters. The summed E-state index contributed by atoms with van der Waals surface area (Å²) in [6.45, 7) is 2.08. The molecule has 240 valence electrons. The van der Waals surface area contributed by atoms with Gasteiger partial charge in [0.05, 0.1) is 24.7 Å². The lowest BCUT2D eigenvalue weighted by molar-refractivity contribution is -0.143. The van der Waals surface area contributed by atoms with Crippen LogP contribution in [0.3, 0.4) is 0 Å². The van der Waals surface area contributed by atoms with Gasteiger partial charge in [-0.15, -0.1) is 0 Å². The van der Waals surface area contributed by atoms with Crippen molar-refractivity contribution in [3.05, 3.63) is 107 Å². The van der Waals surface area contributed by atoms with Crippen LogP contribution in [-0.4, -0.2) is 79.4 Å². The van der Waals surface area contributed by atoms with Crippen molar-refractivity contribution in [2.75, 3.05) is 52.9 Å². The third kappa shape index (κ3) is 9.34. The molecular formula is C33H33F6N3O3. The van der Waals surface area contributed by atoms with Crippen LogP contribution in [0.2, 0.25) is 0 Å². The minimum Gasteiger partial charge on any atom is -0.496 e. The van der Waals surface area contributed by atoms with Crippen LogP contribution in [0, 0.1) is 0 Å². The van der Waals surface area contributed by atoms with Crippen molar-refractivity contribution in [3.63, 3.8) is 0 Å². The van der Waals surface area contributed by atoms with Crippen molar-refractivity contribution in [1.82, 2.24) is 14.7 Å². The Morgan fingerprint density at radius 1 is 0.844 bits per heavy atom. The molecule has 1 aliphatic rings. The smallest absolute Gasteiger partial charge is 0.416 e. The van der Waals surface area contributed by atoms with E-state index in [1.54, 1.807) is 12.0 Å². The van der Waals surface area contributed by atoms with Crippen molar-refractivity contribution in [2.45, 2.75) is 18.8 Å². The number of para-hydroxylation sites is 1. The summed E-state index contributed by atoms with van der Waals surface area (Å²) in [5.74, 6) is -0.278. The van der Waals surface area contributed by atoms with E-state index in [9.17, 15) is 35.9 Å². The molecule has 1 fully saturated rings. The number of hydrogen-bond acceptors (Lipinski definition) is 4. The molecule has 45 heavy (non-hydrogen) atoms. The van der Waals surface area contributed by atoms with E-state index in [-0.39, 0.29) is 31.5 Å². The zero-order valence-electron chi connectivity index (χ0n) is 24.6. The predicted octanol–water partition coefficient (Wildman–Crippen LogP) is 6.28. The van der Waals surface area contributed by atoms with E-state index >= 15 is 0 Å². The summed E-state index contributed by atoms with van der Waals surface area (Å²) < 4.78 is 85.1. The number of halogens is 6. The van der Waals surface area contributed by atoms with E-state index in [0.29, 0.717) is 50.6 Å². The fraction of sp³-hybridized carbons (Fsp3) is 0.333. The van der Waals surface area contributed by atoms with Crippen molar-refractivity contribution in [3.8, 4) is 5.75 Å². The molecule has 2 amide bonds. The number of rotatable bonds is 10. The van der Waals surface area contributed by atoms with Crippen LogP contribution in [0.1, 0.15) is 32.6 Å². The lowest BCUT2D eigenvalue weighted by atomic mass is 10.0. The summed E-state index contributed by atoms with van der Waals surface area (Å²) >= 11 is 0. The van der Waals surface area contributed by atoms with E-state index in [1.807, 2.05) is 71.6 Å². The first-order valence-corrected chi connectivity index (χ1v) is 14.3. The molecule has 3 aromatic carbocycles. The summed E-state index contributed by atoms with van der Waals surface area (Å²) in [6.07, 6.45) is -6.11. The molecule has 0 atom stereocenters. The van der Waals surface area contributed by atoms with Gasteiger partial charge in [-0.2, -0.15) is 26.3 Å². The average molecular weight is 634 g/mol. The summed E-state index contributed by atoms with van der Waals surface area (Å²) in [5, 5.41) is 0. The molecule has 6 nitrogen and oxygen atoms in total. The standard InChI is InChI=1S/C33H33F6N3O3/c1-45-29-12-6-5-10-25(29)11-7-13-41(30(43)20-24-8-3-2-4-9-24)17-14-40-15-18-42(19-16-40)31(44)26-21-27(32(34,35)36)23-28(22-26)33(37,38)39/h2-12,21-23H,13-20H2,1H3/b11-7+. The number of nitrogens with zero attached hydrogens (tertiary/aromatic N) is 3. The fourth-order valence-electron chi connectivity index (χ4n) is 5.01. The lowest BCUT2D eigenvalue weighted by Gasteiger charge is -2.36. The molecule has 4 rings (SSSR count). The monoisotopic (exact) mass is 633 g/mol. The van der Waals surface area contributed by atoms with Crippen LogP contribution in [0.25, 0.3) is 6.08 Å². The maximum atomic E-state index is 13.3. The lowest BCUT2D eigenvalue weighted by Crippen LogP contribution is -2.50. The Morgan fingerprint density at radius 3 is 2.04 bits per heavy atom. The van der Waals surface area contributed by atoms with Crippen LogP contribution in [0.4, 0.5) is 26.3 Å². The molecule has 1 aliphatic heterocycles. The number of methoxy groups -OCH3 is 1. The first-order valence-electron chi connectivity index (χ1n) is 14.3. The highest BCUT2D eigenvalue weighted by Gasteiger charge is 2.38. The first-order chi connectivity index (χ1) is 21.3. The second kappa shape index (κ2) is 14.6. The number of ether oxygens (including phenoxy) is 1. The van der Waals surface area contributed by atoms with Gasteiger partial charge in [-0.25, -0.2) is 0 Å². The van der Waals surface area contributed by atoms with E-state index in [4.69, 9.17) is 4.74 Å². The van der Waals surface area contributed by atoms with Crippen LogP contribution in [0.5, 0.6) is 5.75 Å². The molecule has 0 bridgehead atoms. The van der Waals surface area contributed by atoms with Gasteiger partial charge >= 0.3 is 12.4 Å². The largest absolute Gasteiger partial charge is 0.496 e.